The van der Waals surface area contributed by atoms with Crippen LogP contribution in [0.25, 0.3) is 0 Å². The first-order valence-corrected chi connectivity index (χ1v) is 9.08. The van der Waals surface area contributed by atoms with Crippen LogP contribution in [0.4, 0.5) is 0 Å². The second-order valence-electron chi connectivity index (χ2n) is 5.84. The van der Waals surface area contributed by atoms with Gasteiger partial charge in [-0.1, -0.05) is 12.1 Å². The summed E-state index contributed by atoms with van der Waals surface area (Å²) < 4.78 is 0. The van der Waals surface area contributed by atoms with Gasteiger partial charge in [0, 0.05) is 49.4 Å². The van der Waals surface area contributed by atoms with Gasteiger partial charge in [0.15, 0.2) is 0 Å². The molecule has 126 valence electrons. The molecule has 6 heteroatoms. The first-order chi connectivity index (χ1) is 11.7. The summed E-state index contributed by atoms with van der Waals surface area (Å²) in [6.45, 7) is 2.46. The lowest BCUT2D eigenvalue weighted by Gasteiger charge is -2.34. The molecule has 0 N–H and O–H groups in total. The predicted octanol–water partition coefficient (Wildman–Crippen LogP) is 1.99. The lowest BCUT2D eigenvalue weighted by molar-refractivity contribution is -0.139. The molecular weight excluding hydrogens is 322 g/mol. The summed E-state index contributed by atoms with van der Waals surface area (Å²) in [6, 6.07) is 9.67. The van der Waals surface area contributed by atoms with Crippen molar-refractivity contribution in [2.24, 2.45) is 0 Å². The number of aryl methyl sites for hydroxylation is 1. The molecule has 0 saturated carbocycles. The number of thiophene rings is 1. The summed E-state index contributed by atoms with van der Waals surface area (Å²) in [5.41, 5.74) is 0.789. The molecule has 1 saturated heterocycles. The van der Waals surface area contributed by atoms with Crippen LogP contribution < -0.4 is 0 Å². The molecule has 0 spiro atoms. The molecule has 0 unspecified atom stereocenters. The number of carbonyl (C=O) groups is 2. The number of hydrogen-bond acceptors (Lipinski definition) is 4. The maximum atomic E-state index is 12.3. The highest BCUT2D eigenvalue weighted by Gasteiger charge is 2.24. The van der Waals surface area contributed by atoms with E-state index >= 15 is 0 Å². The summed E-state index contributed by atoms with van der Waals surface area (Å²) in [7, 11) is 0. The van der Waals surface area contributed by atoms with Gasteiger partial charge in [0.25, 0.3) is 0 Å². The van der Waals surface area contributed by atoms with Crippen LogP contribution in [0.1, 0.15) is 17.0 Å². The number of rotatable bonds is 5. The standard InChI is InChI=1S/C18H21N3O2S/c22-17(7-6-16-5-3-13-24-16)20-9-11-21(12-10-20)18(23)14-15-4-1-2-8-19-15/h1-5,8,13H,6-7,9-12,14H2. The van der Waals surface area contributed by atoms with Crippen LogP contribution in [0.2, 0.25) is 0 Å². The zero-order valence-electron chi connectivity index (χ0n) is 13.6. The van der Waals surface area contributed by atoms with E-state index in [1.807, 2.05) is 39.4 Å². The minimum absolute atomic E-state index is 0.0828. The fourth-order valence-electron chi connectivity index (χ4n) is 2.82. The number of aromatic nitrogens is 1. The number of amides is 2. The van der Waals surface area contributed by atoms with Gasteiger partial charge in [0.1, 0.15) is 0 Å². The Hall–Kier alpha value is -2.21. The third kappa shape index (κ3) is 4.41. The fraction of sp³-hybridized carbons (Fsp3) is 0.389. The van der Waals surface area contributed by atoms with Crippen LogP contribution in [-0.4, -0.2) is 52.8 Å². The van der Waals surface area contributed by atoms with Crippen molar-refractivity contribution in [3.05, 3.63) is 52.5 Å². The smallest absolute Gasteiger partial charge is 0.228 e. The minimum Gasteiger partial charge on any atom is -0.339 e. The summed E-state index contributed by atoms with van der Waals surface area (Å²) in [4.78, 5) is 33.7. The van der Waals surface area contributed by atoms with E-state index in [0.717, 1.165) is 12.1 Å². The molecule has 1 aliphatic heterocycles. The molecule has 0 aliphatic carbocycles. The molecule has 24 heavy (non-hydrogen) atoms. The monoisotopic (exact) mass is 343 g/mol. The zero-order chi connectivity index (χ0) is 16.8. The van der Waals surface area contributed by atoms with Gasteiger partial charge in [-0.25, -0.2) is 0 Å². The molecule has 1 aliphatic rings. The van der Waals surface area contributed by atoms with Gasteiger partial charge in [0.05, 0.1) is 6.42 Å². The molecule has 0 atom stereocenters. The van der Waals surface area contributed by atoms with Gasteiger partial charge in [-0.3, -0.25) is 14.6 Å². The third-order valence-electron chi connectivity index (χ3n) is 4.21. The first-order valence-electron chi connectivity index (χ1n) is 8.20. The van der Waals surface area contributed by atoms with E-state index in [-0.39, 0.29) is 11.8 Å². The minimum atomic E-state index is 0.0828. The Morgan fingerprint density at radius 2 is 1.75 bits per heavy atom. The van der Waals surface area contributed by atoms with E-state index < -0.39 is 0 Å². The van der Waals surface area contributed by atoms with E-state index in [1.165, 1.54) is 4.88 Å². The highest BCUT2D eigenvalue weighted by molar-refractivity contribution is 7.09. The molecule has 0 aromatic carbocycles. The van der Waals surface area contributed by atoms with Crippen molar-refractivity contribution >= 4 is 23.2 Å². The second kappa shape index (κ2) is 8.06. The predicted molar refractivity (Wildman–Crippen MR) is 93.7 cm³/mol. The number of pyridine rings is 1. The fourth-order valence-corrected chi connectivity index (χ4v) is 3.53. The van der Waals surface area contributed by atoms with Crippen LogP contribution in [0.3, 0.4) is 0 Å². The molecule has 5 nitrogen and oxygen atoms in total. The Morgan fingerprint density at radius 1 is 1.00 bits per heavy atom. The van der Waals surface area contributed by atoms with Gasteiger partial charge in [-0.15, -0.1) is 11.3 Å². The Balaban J connectivity index is 1.43. The van der Waals surface area contributed by atoms with Crippen LogP contribution in [-0.2, 0) is 22.4 Å². The maximum Gasteiger partial charge on any atom is 0.228 e. The van der Waals surface area contributed by atoms with E-state index in [0.29, 0.717) is 39.0 Å². The van der Waals surface area contributed by atoms with Crippen molar-refractivity contribution in [1.82, 2.24) is 14.8 Å². The van der Waals surface area contributed by atoms with Crippen LogP contribution in [0.15, 0.2) is 41.9 Å². The van der Waals surface area contributed by atoms with Gasteiger partial charge in [-0.2, -0.15) is 0 Å². The first kappa shape index (κ1) is 16.6. The molecule has 0 radical (unpaired) electrons. The number of piperazine rings is 1. The summed E-state index contributed by atoms with van der Waals surface area (Å²) in [6.07, 6.45) is 3.37. The highest BCUT2D eigenvalue weighted by Crippen LogP contribution is 2.13. The van der Waals surface area contributed by atoms with Gasteiger partial charge >= 0.3 is 0 Å². The summed E-state index contributed by atoms with van der Waals surface area (Å²) in [5.74, 6) is 0.264. The van der Waals surface area contributed by atoms with Crippen LogP contribution >= 0.6 is 11.3 Å². The maximum absolute atomic E-state index is 12.3. The average molecular weight is 343 g/mol. The zero-order valence-corrected chi connectivity index (χ0v) is 14.4. The molecule has 0 bridgehead atoms. The lowest BCUT2D eigenvalue weighted by atomic mass is 10.2. The Kier molecular flexibility index (Phi) is 5.59. The third-order valence-corrected chi connectivity index (χ3v) is 5.15. The molecule has 2 aromatic heterocycles. The van der Waals surface area contributed by atoms with E-state index in [1.54, 1.807) is 17.5 Å². The topological polar surface area (TPSA) is 53.5 Å². The molecule has 2 aromatic rings. The Labute approximate surface area is 145 Å². The van der Waals surface area contributed by atoms with E-state index in [4.69, 9.17) is 0 Å². The van der Waals surface area contributed by atoms with Gasteiger partial charge < -0.3 is 9.80 Å². The van der Waals surface area contributed by atoms with Gasteiger partial charge in [0.2, 0.25) is 11.8 Å². The quantitative estimate of drug-likeness (QED) is 0.834. The number of hydrogen-bond donors (Lipinski definition) is 0. The van der Waals surface area contributed by atoms with Crippen molar-refractivity contribution < 1.29 is 9.59 Å². The van der Waals surface area contributed by atoms with Crippen LogP contribution in [0, 0.1) is 0 Å². The Morgan fingerprint density at radius 3 is 2.38 bits per heavy atom. The normalized spacial score (nSPS) is 14.7. The lowest BCUT2D eigenvalue weighted by Crippen LogP contribution is -2.51. The SMILES string of the molecule is O=C(CCc1cccs1)N1CCN(C(=O)Cc2ccccn2)CC1. The summed E-state index contributed by atoms with van der Waals surface area (Å²) in [5, 5.41) is 2.03. The van der Waals surface area contributed by atoms with E-state index in [9.17, 15) is 9.59 Å². The Bertz CT molecular complexity index is 665. The highest BCUT2D eigenvalue weighted by atomic mass is 32.1. The number of nitrogens with zero attached hydrogens (tertiary/aromatic N) is 3. The van der Waals surface area contributed by atoms with E-state index in [2.05, 4.69) is 11.1 Å². The summed E-state index contributed by atoms with van der Waals surface area (Å²) >= 11 is 1.69. The molecule has 2 amide bonds. The van der Waals surface area contributed by atoms with Crippen LogP contribution in [0.5, 0.6) is 0 Å². The van der Waals surface area contributed by atoms with Crippen molar-refractivity contribution in [3.63, 3.8) is 0 Å². The van der Waals surface area contributed by atoms with Crippen molar-refractivity contribution in [2.45, 2.75) is 19.3 Å². The largest absolute Gasteiger partial charge is 0.339 e. The van der Waals surface area contributed by atoms with Gasteiger partial charge in [-0.05, 0) is 30.0 Å². The molecule has 3 rings (SSSR count). The molecule has 3 heterocycles. The average Bonchev–Trinajstić information content (AvgIpc) is 3.14. The van der Waals surface area contributed by atoms with Crippen molar-refractivity contribution in [2.75, 3.05) is 26.2 Å². The van der Waals surface area contributed by atoms with Crippen molar-refractivity contribution in [3.8, 4) is 0 Å². The molecular formula is C18H21N3O2S. The molecule has 1 fully saturated rings. The second-order valence-corrected chi connectivity index (χ2v) is 6.87. The number of carbonyl (C=O) groups excluding carboxylic acids is 2. The van der Waals surface area contributed by atoms with Crippen molar-refractivity contribution in [1.29, 1.82) is 0 Å².